The van der Waals surface area contributed by atoms with Gasteiger partial charge in [-0.3, -0.25) is 19.3 Å². The lowest BCUT2D eigenvalue weighted by Gasteiger charge is -2.32. The molecule has 2 amide bonds. The van der Waals surface area contributed by atoms with Crippen molar-refractivity contribution in [3.63, 3.8) is 0 Å². The Hall–Kier alpha value is -1.63. The number of carbonyl (C=O) groups excluding carboxylic acids is 2. The Kier molecular flexibility index (Phi) is 5.94. The SMILES string of the molecule is CC(C(=O)O)C(C)C(=O)NC1CCN(CC(N)=O)CC1. The van der Waals surface area contributed by atoms with Crippen LogP contribution in [0.5, 0.6) is 0 Å². The van der Waals surface area contributed by atoms with Crippen LogP contribution in [0.3, 0.4) is 0 Å². The van der Waals surface area contributed by atoms with Crippen molar-refractivity contribution in [1.29, 1.82) is 0 Å². The number of carboxylic acids is 1. The molecule has 1 rings (SSSR count). The summed E-state index contributed by atoms with van der Waals surface area (Å²) in [6.07, 6.45) is 1.49. The fourth-order valence-corrected chi connectivity index (χ4v) is 2.23. The van der Waals surface area contributed by atoms with Crippen LogP contribution in [0.25, 0.3) is 0 Å². The molecule has 0 spiro atoms. The fourth-order valence-electron chi connectivity index (χ4n) is 2.23. The Balaban J connectivity index is 2.38. The van der Waals surface area contributed by atoms with Gasteiger partial charge in [0.25, 0.3) is 0 Å². The molecule has 0 aromatic carbocycles. The highest BCUT2D eigenvalue weighted by Crippen LogP contribution is 2.14. The van der Waals surface area contributed by atoms with E-state index in [2.05, 4.69) is 5.32 Å². The first kappa shape index (κ1) is 16.4. The number of piperidine rings is 1. The van der Waals surface area contributed by atoms with Crippen LogP contribution in [0.4, 0.5) is 0 Å². The van der Waals surface area contributed by atoms with E-state index in [1.165, 1.54) is 6.92 Å². The number of rotatable bonds is 6. The molecule has 7 heteroatoms. The van der Waals surface area contributed by atoms with Gasteiger partial charge >= 0.3 is 5.97 Å². The summed E-state index contributed by atoms with van der Waals surface area (Å²) in [6.45, 7) is 4.80. The van der Waals surface area contributed by atoms with Gasteiger partial charge in [-0.2, -0.15) is 0 Å². The zero-order chi connectivity index (χ0) is 15.3. The number of aliphatic carboxylic acids is 1. The first-order valence-corrected chi connectivity index (χ1v) is 6.85. The van der Waals surface area contributed by atoms with E-state index < -0.39 is 17.8 Å². The van der Waals surface area contributed by atoms with Crippen LogP contribution >= 0.6 is 0 Å². The smallest absolute Gasteiger partial charge is 0.307 e. The van der Waals surface area contributed by atoms with Gasteiger partial charge < -0.3 is 16.2 Å². The lowest BCUT2D eigenvalue weighted by Crippen LogP contribution is -2.48. The molecule has 0 bridgehead atoms. The molecule has 0 aromatic heterocycles. The normalized spacial score (nSPS) is 20.1. The van der Waals surface area contributed by atoms with E-state index in [9.17, 15) is 14.4 Å². The lowest BCUT2D eigenvalue weighted by atomic mass is 9.94. The zero-order valence-electron chi connectivity index (χ0n) is 12.0. The molecule has 0 aliphatic carbocycles. The van der Waals surface area contributed by atoms with E-state index in [1.54, 1.807) is 6.92 Å². The second-order valence-electron chi connectivity index (χ2n) is 5.44. The predicted octanol–water partition coefficient (Wildman–Crippen LogP) is -0.591. The maximum Gasteiger partial charge on any atom is 0.307 e. The van der Waals surface area contributed by atoms with Crippen molar-refractivity contribution in [2.24, 2.45) is 17.6 Å². The highest BCUT2D eigenvalue weighted by molar-refractivity contribution is 5.84. The number of amides is 2. The van der Waals surface area contributed by atoms with E-state index in [-0.39, 0.29) is 24.4 Å². The van der Waals surface area contributed by atoms with E-state index in [0.717, 1.165) is 12.8 Å². The van der Waals surface area contributed by atoms with Crippen LogP contribution in [0, 0.1) is 11.8 Å². The summed E-state index contributed by atoms with van der Waals surface area (Å²) < 4.78 is 0. The Labute approximate surface area is 118 Å². The first-order chi connectivity index (χ1) is 9.31. The molecule has 7 nitrogen and oxygen atoms in total. The van der Waals surface area contributed by atoms with Crippen LogP contribution in [0.1, 0.15) is 26.7 Å². The second-order valence-corrected chi connectivity index (χ2v) is 5.44. The van der Waals surface area contributed by atoms with Crippen LogP contribution in [-0.2, 0) is 14.4 Å². The van der Waals surface area contributed by atoms with Crippen molar-refractivity contribution in [3.8, 4) is 0 Å². The molecule has 1 aliphatic heterocycles. The average Bonchev–Trinajstić information content (AvgIpc) is 2.38. The minimum absolute atomic E-state index is 0.0371. The molecule has 2 atom stereocenters. The Bertz CT molecular complexity index is 378. The molecule has 20 heavy (non-hydrogen) atoms. The monoisotopic (exact) mass is 285 g/mol. The van der Waals surface area contributed by atoms with Crippen LogP contribution in [-0.4, -0.2) is 53.5 Å². The van der Waals surface area contributed by atoms with Crippen molar-refractivity contribution >= 4 is 17.8 Å². The van der Waals surface area contributed by atoms with Crippen molar-refractivity contribution in [2.45, 2.75) is 32.7 Å². The number of nitrogens with one attached hydrogen (secondary N) is 1. The summed E-state index contributed by atoms with van der Waals surface area (Å²) in [6, 6.07) is 0.0371. The molecule has 4 N–H and O–H groups in total. The minimum atomic E-state index is -0.969. The van der Waals surface area contributed by atoms with E-state index in [0.29, 0.717) is 13.1 Å². The van der Waals surface area contributed by atoms with Gasteiger partial charge in [0.2, 0.25) is 11.8 Å². The quantitative estimate of drug-likeness (QED) is 0.603. The minimum Gasteiger partial charge on any atom is -0.481 e. The van der Waals surface area contributed by atoms with Crippen molar-refractivity contribution in [1.82, 2.24) is 10.2 Å². The van der Waals surface area contributed by atoms with Crippen molar-refractivity contribution in [3.05, 3.63) is 0 Å². The third-order valence-corrected chi connectivity index (χ3v) is 3.87. The van der Waals surface area contributed by atoms with Crippen LogP contribution < -0.4 is 11.1 Å². The van der Waals surface area contributed by atoms with Gasteiger partial charge in [0.15, 0.2) is 0 Å². The highest BCUT2D eigenvalue weighted by atomic mass is 16.4. The largest absolute Gasteiger partial charge is 0.481 e. The predicted molar refractivity (Wildman–Crippen MR) is 72.8 cm³/mol. The molecule has 2 unspecified atom stereocenters. The number of hydrogen-bond acceptors (Lipinski definition) is 4. The third-order valence-electron chi connectivity index (χ3n) is 3.87. The van der Waals surface area contributed by atoms with E-state index >= 15 is 0 Å². The van der Waals surface area contributed by atoms with Crippen LogP contribution in [0.15, 0.2) is 0 Å². The molecule has 114 valence electrons. The Morgan fingerprint density at radius 2 is 1.80 bits per heavy atom. The number of nitrogens with zero attached hydrogens (tertiary/aromatic N) is 1. The maximum absolute atomic E-state index is 12.0. The molecule has 1 heterocycles. The highest BCUT2D eigenvalue weighted by Gasteiger charge is 2.28. The van der Waals surface area contributed by atoms with Crippen molar-refractivity contribution < 1.29 is 19.5 Å². The molecule has 0 saturated carbocycles. The molecule has 1 fully saturated rings. The number of carbonyl (C=O) groups is 3. The summed E-state index contributed by atoms with van der Waals surface area (Å²) in [5, 5.41) is 11.8. The van der Waals surface area contributed by atoms with Gasteiger partial charge in [0, 0.05) is 25.0 Å². The molecular weight excluding hydrogens is 262 g/mol. The number of primary amides is 1. The second kappa shape index (κ2) is 7.23. The Morgan fingerprint density at radius 3 is 2.25 bits per heavy atom. The van der Waals surface area contributed by atoms with Gasteiger partial charge in [0.1, 0.15) is 0 Å². The first-order valence-electron chi connectivity index (χ1n) is 6.85. The van der Waals surface area contributed by atoms with Crippen LogP contribution in [0.2, 0.25) is 0 Å². The van der Waals surface area contributed by atoms with Gasteiger partial charge in [0.05, 0.1) is 12.5 Å². The molecular formula is C13H23N3O4. The summed E-state index contributed by atoms with van der Waals surface area (Å²) in [5.74, 6) is -2.81. The van der Waals surface area contributed by atoms with Gasteiger partial charge in [-0.25, -0.2) is 0 Å². The topological polar surface area (TPSA) is 113 Å². The maximum atomic E-state index is 12.0. The lowest BCUT2D eigenvalue weighted by molar-refractivity contribution is -0.146. The van der Waals surface area contributed by atoms with E-state index in [4.69, 9.17) is 10.8 Å². The fraction of sp³-hybridized carbons (Fsp3) is 0.769. The number of nitrogens with two attached hydrogens (primary N) is 1. The summed E-state index contributed by atoms with van der Waals surface area (Å²) >= 11 is 0. The summed E-state index contributed by atoms with van der Waals surface area (Å²) in [7, 11) is 0. The molecule has 1 saturated heterocycles. The molecule has 1 aliphatic rings. The van der Waals surface area contributed by atoms with Gasteiger partial charge in [-0.1, -0.05) is 13.8 Å². The molecule has 0 aromatic rings. The average molecular weight is 285 g/mol. The standard InChI is InChI=1S/C13H23N3O4/c1-8(9(2)13(19)20)12(18)15-10-3-5-16(6-4-10)7-11(14)17/h8-10H,3-7H2,1-2H3,(H2,14,17)(H,15,18)(H,19,20). The molecule has 0 radical (unpaired) electrons. The number of hydrogen-bond donors (Lipinski definition) is 3. The zero-order valence-corrected chi connectivity index (χ0v) is 12.0. The van der Waals surface area contributed by atoms with Gasteiger partial charge in [-0.05, 0) is 12.8 Å². The van der Waals surface area contributed by atoms with E-state index in [1.807, 2.05) is 4.90 Å². The Morgan fingerprint density at radius 1 is 1.25 bits per heavy atom. The number of carboxylic acid groups (broad SMARTS) is 1. The van der Waals surface area contributed by atoms with Gasteiger partial charge in [-0.15, -0.1) is 0 Å². The third kappa shape index (κ3) is 4.80. The van der Waals surface area contributed by atoms with Crippen molar-refractivity contribution in [2.75, 3.05) is 19.6 Å². The summed E-state index contributed by atoms with van der Waals surface area (Å²) in [5.41, 5.74) is 5.13. The number of likely N-dealkylation sites (tertiary alicyclic amines) is 1. The summed E-state index contributed by atoms with van der Waals surface area (Å²) in [4.78, 5) is 35.6.